The molecule has 0 aliphatic heterocycles. The molecule has 0 spiro atoms. The Bertz CT molecular complexity index is 714. The van der Waals surface area contributed by atoms with Gasteiger partial charge in [0.05, 0.1) is 6.61 Å². The molecular weight excluding hydrogens is 316 g/mol. The predicted octanol–water partition coefficient (Wildman–Crippen LogP) is 4.68. The SMILES string of the molecule is CCOc1ccccc1OCNC(=O)Nc1c(C)cccc1C(C)C. The molecule has 0 unspecified atom stereocenters. The normalized spacial score (nSPS) is 10.4. The molecule has 2 aromatic rings. The van der Waals surface area contributed by atoms with Crippen LogP contribution in [0.25, 0.3) is 0 Å². The van der Waals surface area contributed by atoms with Crippen molar-refractivity contribution >= 4 is 11.7 Å². The van der Waals surface area contributed by atoms with Gasteiger partial charge in [0.15, 0.2) is 18.2 Å². The number of nitrogens with one attached hydrogen (secondary N) is 2. The van der Waals surface area contributed by atoms with Crippen molar-refractivity contribution in [3.63, 3.8) is 0 Å². The highest BCUT2D eigenvalue weighted by molar-refractivity contribution is 5.91. The molecule has 5 heteroatoms. The number of aryl methyl sites for hydroxylation is 1. The summed E-state index contributed by atoms with van der Waals surface area (Å²) in [5.41, 5.74) is 2.99. The number of rotatable bonds is 7. The Morgan fingerprint density at radius 3 is 2.36 bits per heavy atom. The van der Waals surface area contributed by atoms with Crippen molar-refractivity contribution in [2.45, 2.75) is 33.6 Å². The van der Waals surface area contributed by atoms with E-state index in [0.29, 0.717) is 24.0 Å². The zero-order chi connectivity index (χ0) is 18.2. The summed E-state index contributed by atoms with van der Waals surface area (Å²) in [6, 6.07) is 13.1. The molecule has 2 rings (SSSR count). The summed E-state index contributed by atoms with van der Waals surface area (Å²) in [7, 11) is 0. The van der Waals surface area contributed by atoms with Crippen LogP contribution in [0.1, 0.15) is 37.8 Å². The molecule has 0 aromatic heterocycles. The van der Waals surface area contributed by atoms with Crippen molar-refractivity contribution in [1.82, 2.24) is 5.32 Å². The minimum absolute atomic E-state index is 0.0544. The van der Waals surface area contributed by atoms with Crippen molar-refractivity contribution in [1.29, 1.82) is 0 Å². The van der Waals surface area contributed by atoms with E-state index in [4.69, 9.17) is 9.47 Å². The third-order valence-corrected chi connectivity index (χ3v) is 3.77. The highest BCUT2D eigenvalue weighted by Crippen LogP contribution is 2.27. The van der Waals surface area contributed by atoms with Gasteiger partial charge in [0.1, 0.15) is 0 Å². The quantitative estimate of drug-likeness (QED) is 0.719. The Morgan fingerprint density at radius 2 is 1.72 bits per heavy atom. The fourth-order valence-corrected chi connectivity index (χ4v) is 2.52. The van der Waals surface area contributed by atoms with Gasteiger partial charge in [-0.25, -0.2) is 4.79 Å². The van der Waals surface area contributed by atoms with Crippen LogP contribution in [-0.2, 0) is 0 Å². The first kappa shape index (κ1) is 18.6. The number of amides is 2. The number of para-hydroxylation sites is 3. The van der Waals surface area contributed by atoms with Gasteiger partial charge in [0.25, 0.3) is 0 Å². The first-order valence-corrected chi connectivity index (χ1v) is 8.52. The van der Waals surface area contributed by atoms with E-state index < -0.39 is 0 Å². The van der Waals surface area contributed by atoms with Crippen molar-refractivity contribution in [3.8, 4) is 11.5 Å². The molecule has 0 aliphatic carbocycles. The minimum Gasteiger partial charge on any atom is -0.490 e. The molecule has 134 valence electrons. The number of ether oxygens (including phenoxy) is 2. The second kappa shape index (κ2) is 8.97. The lowest BCUT2D eigenvalue weighted by atomic mass is 9.98. The van der Waals surface area contributed by atoms with Gasteiger partial charge < -0.3 is 20.1 Å². The summed E-state index contributed by atoms with van der Waals surface area (Å²) in [6.07, 6.45) is 0. The van der Waals surface area contributed by atoms with E-state index in [1.165, 1.54) is 0 Å². The zero-order valence-electron chi connectivity index (χ0n) is 15.3. The minimum atomic E-state index is -0.301. The number of hydrogen-bond donors (Lipinski definition) is 2. The molecule has 2 aromatic carbocycles. The van der Waals surface area contributed by atoms with Gasteiger partial charge in [-0.3, -0.25) is 0 Å². The van der Waals surface area contributed by atoms with E-state index in [1.54, 1.807) is 0 Å². The Hall–Kier alpha value is -2.69. The molecule has 2 amide bonds. The number of benzene rings is 2. The third kappa shape index (κ3) is 5.14. The second-order valence-electron chi connectivity index (χ2n) is 5.99. The standard InChI is InChI=1S/C20H26N2O3/c1-5-24-17-11-6-7-12-18(17)25-13-21-20(23)22-19-15(4)9-8-10-16(19)14(2)3/h6-12,14H,5,13H2,1-4H3,(H2,21,22,23). The Labute approximate surface area is 149 Å². The maximum absolute atomic E-state index is 12.2. The highest BCUT2D eigenvalue weighted by atomic mass is 16.5. The molecular formula is C20H26N2O3. The van der Waals surface area contributed by atoms with Crippen LogP contribution in [0.5, 0.6) is 11.5 Å². The second-order valence-corrected chi connectivity index (χ2v) is 5.99. The van der Waals surface area contributed by atoms with E-state index in [-0.39, 0.29) is 12.8 Å². The number of carbonyl (C=O) groups is 1. The lowest BCUT2D eigenvalue weighted by Gasteiger charge is -2.17. The average Bonchev–Trinajstić information content (AvgIpc) is 2.58. The Kier molecular flexibility index (Phi) is 6.69. The smallest absolute Gasteiger partial charge is 0.321 e. The first-order valence-electron chi connectivity index (χ1n) is 8.52. The van der Waals surface area contributed by atoms with Crippen LogP contribution in [0.4, 0.5) is 10.5 Å². The van der Waals surface area contributed by atoms with E-state index >= 15 is 0 Å². The molecule has 0 heterocycles. The van der Waals surface area contributed by atoms with Gasteiger partial charge in [0.2, 0.25) is 0 Å². The summed E-state index contributed by atoms with van der Waals surface area (Å²) in [5, 5.41) is 5.64. The molecule has 0 radical (unpaired) electrons. The Balaban J connectivity index is 1.94. The summed E-state index contributed by atoms with van der Waals surface area (Å²) >= 11 is 0. The summed E-state index contributed by atoms with van der Waals surface area (Å²) < 4.78 is 11.1. The van der Waals surface area contributed by atoms with Crippen LogP contribution >= 0.6 is 0 Å². The summed E-state index contributed by atoms with van der Waals surface area (Å²) in [4.78, 5) is 12.2. The molecule has 5 nitrogen and oxygen atoms in total. The van der Waals surface area contributed by atoms with Crippen molar-refractivity contribution in [2.24, 2.45) is 0 Å². The third-order valence-electron chi connectivity index (χ3n) is 3.77. The molecule has 0 aliphatic rings. The van der Waals surface area contributed by atoms with Crippen molar-refractivity contribution in [3.05, 3.63) is 53.6 Å². The lowest BCUT2D eigenvalue weighted by molar-refractivity contribution is 0.229. The van der Waals surface area contributed by atoms with Gasteiger partial charge in [-0.2, -0.15) is 0 Å². The number of carbonyl (C=O) groups excluding carboxylic acids is 1. The van der Waals surface area contributed by atoms with Gasteiger partial charge in [-0.15, -0.1) is 0 Å². The van der Waals surface area contributed by atoms with Crippen LogP contribution in [0.2, 0.25) is 0 Å². The molecule has 0 atom stereocenters. The maximum Gasteiger partial charge on any atom is 0.321 e. The summed E-state index contributed by atoms with van der Waals surface area (Å²) in [5.74, 6) is 1.58. The van der Waals surface area contributed by atoms with Gasteiger partial charge in [-0.05, 0) is 43.0 Å². The monoisotopic (exact) mass is 342 g/mol. The summed E-state index contributed by atoms with van der Waals surface area (Å²) in [6.45, 7) is 8.71. The van der Waals surface area contributed by atoms with Crippen LogP contribution in [0.15, 0.2) is 42.5 Å². The van der Waals surface area contributed by atoms with E-state index in [2.05, 4.69) is 24.5 Å². The molecule has 0 bridgehead atoms. The van der Waals surface area contributed by atoms with Gasteiger partial charge in [-0.1, -0.05) is 44.2 Å². The van der Waals surface area contributed by atoms with E-state index in [1.807, 2.05) is 56.3 Å². The fourth-order valence-electron chi connectivity index (χ4n) is 2.52. The fraction of sp³-hybridized carbons (Fsp3) is 0.350. The topological polar surface area (TPSA) is 59.6 Å². The van der Waals surface area contributed by atoms with Gasteiger partial charge in [0, 0.05) is 5.69 Å². The zero-order valence-corrected chi connectivity index (χ0v) is 15.3. The van der Waals surface area contributed by atoms with Crippen molar-refractivity contribution < 1.29 is 14.3 Å². The van der Waals surface area contributed by atoms with Crippen LogP contribution < -0.4 is 20.1 Å². The molecule has 2 N–H and O–H groups in total. The molecule has 0 fully saturated rings. The Morgan fingerprint density at radius 1 is 1.04 bits per heavy atom. The van der Waals surface area contributed by atoms with E-state index in [9.17, 15) is 4.79 Å². The molecule has 0 saturated carbocycles. The molecule has 25 heavy (non-hydrogen) atoms. The predicted molar refractivity (Wildman–Crippen MR) is 101 cm³/mol. The van der Waals surface area contributed by atoms with Crippen LogP contribution in [-0.4, -0.2) is 19.4 Å². The van der Waals surface area contributed by atoms with E-state index in [0.717, 1.165) is 16.8 Å². The molecule has 0 saturated heterocycles. The highest BCUT2D eigenvalue weighted by Gasteiger charge is 2.12. The average molecular weight is 342 g/mol. The first-order chi connectivity index (χ1) is 12.0. The van der Waals surface area contributed by atoms with Crippen molar-refractivity contribution in [2.75, 3.05) is 18.7 Å². The number of anilines is 1. The van der Waals surface area contributed by atoms with Crippen LogP contribution in [0.3, 0.4) is 0 Å². The largest absolute Gasteiger partial charge is 0.490 e. The van der Waals surface area contributed by atoms with Crippen LogP contribution in [0, 0.1) is 6.92 Å². The number of hydrogen-bond acceptors (Lipinski definition) is 3. The maximum atomic E-state index is 12.2. The number of urea groups is 1. The van der Waals surface area contributed by atoms with Gasteiger partial charge >= 0.3 is 6.03 Å². The lowest BCUT2D eigenvalue weighted by Crippen LogP contribution is -2.32.